The third-order valence-electron chi connectivity index (χ3n) is 3.26. The standard InChI is InChI=1S/C12H16BrN3O2/c1-9(12(17)18)15-4-6-16(7-5-15)11-3-2-10(13)8-14-11/h2-3,8-9H,4-7H2,1H3,(H,17,18)/t9-/m1/s1. The Hall–Kier alpha value is -1.14. The molecule has 0 saturated carbocycles. The van der Waals surface area contributed by atoms with Crippen molar-refractivity contribution in [1.29, 1.82) is 0 Å². The molecule has 2 rings (SSSR count). The number of carbonyl (C=O) groups is 1. The van der Waals surface area contributed by atoms with Crippen molar-refractivity contribution in [2.75, 3.05) is 31.1 Å². The molecule has 1 aromatic heterocycles. The summed E-state index contributed by atoms with van der Waals surface area (Å²) >= 11 is 3.36. The van der Waals surface area contributed by atoms with E-state index in [4.69, 9.17) is 5.11 Å². The molecule has 6 heteroatoms. The fourth-order valence-electron chi connectivity index (χ4n) is 2.05. The maximum Gasteiger partial charge on any atom is 0.320 e. The van der Waals surface area contributed by atoms with E-state index in [-0.39, 0.29) is 0 Å². The van der Waals surface area contributed by atoms with Crippen LogP contribution < -0.4 is 4.90 Å². The third kappa shape index (κ3) is 3.00. The normalized spacial score (nSPS) is 18.7. The SMILES string of the molecule is C[C@H](C(=O)O)N1CCN(c2ccc(Br)cn2)CC1. The molecule has 1 aliphatic rings. The number of hydrogen-bond donors (Lipinski definition) is 1. The average molecular weight is 314 g/mol. The average Bonchev–Trinajstić information content (AvgIpc) is 2.39. The Morgan fingerprint density at radius 3 is 2.56 bits per heavy atom. The fraction of sp³-hybridized carbons (Fsp3) is 0.500. The lowest BCUT2D eigenvalue weighted by Crippen LogP contribution is -2.51. The minimum atomic E-state index is -0.759. The molecular formula is C12H16BrN3O2. The summed E-state index contributed by atoms with van der Waals surface area (Å²) in [6, 6.07) is 3.53. The molecule has 0 amide bonds. The van der Waals surface area contributed by atoms with E-state index < -0.39 is 12.0 Å². The predicted molar refractivity (Wildman–Crippen MR) is 72.8 cm³/mol. The number of carboxylic acid groups (broad SMARTS) is 1. The summed E-state index contributed by atoms with van der Waals surface area (Å²) in [6.07, 6.45) is 1.78. The van der Waals surface area contributed by atoms with Gasteiger partial charge in [0.15, 0.2) is 0 Å². The van der Waals surface area contributed by atoms with Crippen LogP contribution in [0.2, 0.25) is 0 Å². The molecule has 98 valence electrons. The zero-order valence-electron chi connectivity index (χ0n) is 10.2. The molecule has 18 heavy (non-hydrogen) atoms. The first-order valence-corrected chi connectivity index (χ1v) is 6.70. The molecule has 0 spiro atoms. The molecule has 0 unspecified atom stereocenters. The highest BCUT2D eigenvalue weighted by molar-refractivity contribution is 9.10. The van der Waals surface area contributed by atoms with E-state index in [9.17, 15) is 4.79 Å². The predicted octanol–water partition coefficient (Wildman–Crippen LogP) is 1.44. The monoisotopic (exact) mass is 313 g/mol. The van der Waals surface area contributed by atoms with Gasteiger partial charge in [0.1, 0.15) is 11.9 Å². The van der Waals surface area contributed by atoms with Crippen LogP contribution in [0.4, 0.5) is 5.82 Å². The second kappa shape index (κ2) is 5.67. The molecule has 1 atom stereocenters. The topological polar surface area (TPSA) is 56.7 Å². The molecule has 1 fully saturated rings. The van der Waals surface area contributed by atoms with Crippen molar-refractivity contribution >= 4 is 27.7 Å². The molecule has 1 saturated heterocycles. The minimum Gasteiger partial charge on any atom is -0.480 e. The summed E-state index contributed by atoms with van der Waals surface area (Å²) in [5, 5.41) is 8.97. The number of anilines is 1. The summed E-state index contributed by atoms with van der Waals surface area (Å²) in [4.78, 5) is 19.4. The van der Waals surface area contributed by atoms with Gasteiger partial charge in [0, 0.05) is 36.8 Å². The maximum absolute atomic E-state index is 10.9. The first kappa shape index (κ1) is 13.3. The van der Waals surface area contributed by atoms with Crippen LogP contribution in [0.3, 0.4) is 0 Å². The van der Waals surface area contributed by atoms with Gasteiger partial charge in [0.05, 0.1) is 0 Å². The Morgan fingerprint density at radius 2 is 2.06 bits per heavy atom. The second-order valence-corrected chi connectivity index (χ2v) is 5.29. The van der Waals surface area contributed by atoms with E-state index in [0.717, 1.165) is 36.5 Å². The summed E-state index contributed by atoms with van der Waals surface area (Å²) in [7, 11) is 0. The van der Waals surface area contributed by atoms with Crippen LogP contribution in [0, 0.1) is 0 Å². The molecule has 1 aliphatic heterocycles. The molecule has 0 radical (unpaired) electrons. The zero-order chi connectivity index (χ0) is 13.1. The van der Waals surface area contributed by atoms with Gasteiger partial charge in [-0.2, -0.15) is 0 Å². The van der Waals surface area contributed by atoms with Gasteiger partial charge in [-0.3, -0.25) is 9.69 Å². The number of piperazine rings is 1. The van der Waals surface area contributed by atoms with Crippen LogP contribution in [-0.4, -0.2) is 53.2 Å². The van der Waals surface area contributed by atoms with Crippen LogP contribution in [0.1, 0.15) is 6.92 Å². The highest BCUT2D eigenvalue weighted by Crippen LogP contribution is 2.17. The quantitative estimate of drug-likeness (QED) is 0.915. The number of hydrogen-bond acceptors (Lipinski definition) is 4. The van der Waals surface area contributed by atoms with Gasteiger partial charge in [-0.1, -0.05) is 0 Å². The van der Waals surface area contributed by atoms with Crippen molar-refractivity contribution in [1.82, 2.24) is 9.88 Å². The summed E-state index contributed by atoms with van der Waals surface area (Å²) in [5.41, 5.74) is 0. The van der Waals surface area contributed by atoms with Gasteiger partial charge < -0.3 is 10.0 Å². The van der Waals surface area contributed by atoms with E-state index in [0.29, 0.717) is 0 Å². The van der Waals surface area contributed by atoms with Gasteiger partial charge >= 0.3 is 5.97 Å². The highest BCUT2D eigenvalue weighted by atomic mass is 79.9. The van der Waals surface area contributed by atoms with Gasteiger partial charge in [-0.05, 0) is 35.0 Å². The second-order valence-electron chi connectivity index (χ2n) is 4.37. The van der Waals surface area contributed by atoms with Crippen molar-refractivity contribution in [3.8, 4) is 0 Å². The van der Waals surface area contributed by atoms with Crippen LogP contribution in [-0.2, 0) is 4.79 Å². The van der Waals surface area contributed by atoms with E-state index in [2.05, 4.69) is 25.8 Å². The highest BCUT2D eigenvalue weighted by Gasteiger charge is 2.25. The van der Waals surface area contributed by atoms with Crippen LogP contribution in [0.25, 0.3) is 0 Å². The lowest BCUT2D eigenvalue weighted by Gasteiger charge is -2.37. The molecule has 5 nitrogen and oxygen atoms in total. The Balaban J connectivity index is 1.94. The Kier molecular flexibility index (Phi) is 4.19. The lowest BCUT2D eigenvalue weighted by atomic mass is 10.2. The fourth-order valence-corrected chi connectivity index (χ4v) is 2.28. The number of carboxylic acids is 1. The zero-order valence-corrected chi connectivity index (χ0v) is 11.8. The van der Waals surface area contributed by atoms with Crippen LogP contribution in [0.15, 0.2) is 22.8 Å². The number of halogens is 1. The first-order chi connectivity index (χ1) is 8.58. The van der Waals surface area contributed by atoms with E-state index in [1.54, 1.807) is 13.1 Å². The van der Waals surface area contributed by atoms with E-state index >= 15 is 0 Å². The van der Waals surface area contributed by atoms with Crippen LogP contribution >= 0.6 is 15.9 Å². The van der Waals surface area contributed by atoms with Gasteiger partial charge in [-0.15, -0.1) is 0 Å². The summed E-state index contributed by atoms with van der Waals surface area (Å²) < 4.78 is 0.962. The lowest BCUT2D eigenvalue weighted by molar-refractivity contribution is -0.142. The summed E-state index contributed by atoms with van der Waals surface area (Å²) in [5.74, 6) is 0.186. The molecule has 1 N–H and O–H groups in total. The van der Waals surface area contributed by atoms with Crippen molar-refractivity contribution in [2.24, 2.45) is 0 Å². The van der Waals surface area contributed by atoms with Crippen LogP contribution in [0.5, 0.6) is 0 Å². The van der Waals surface area contributed by atoms with Crippen molar-refractivity contribution in [3.05, 3.63) is 22.8 Å². The minimum absolute atomic E-state index is 0.412. The molecule has 0 aromatic carbocycles. The number of aromatic nitrogens is 1. The molecule has 2 heterocycles. The molecule has 0 bridgehead atoms. The molecule has 1 aromatic rings. The van der Waals surface area contributed by atoms with Gasteiger partial charge in [0.25, 0.3) is 0 Å². The van der Waals surface area contributed by atoms with Crippen molar-refractivity contribution in [3.63, 3.8) is 0 Å². The van der Waals surface area contributed by atoms with E-state index in [1.807, 2.05) is 17.0 Å². The molecule has 0 aliphatic carbocycles. The van der Waals surface area contributed by atoms with Gasteiger partial charge in [0.2, 0.25) is 0 Å². The largest absolute Gasteiger partial charge is 0.480 e. The Morgan fingerprint density at radius 1 is 1.39 bits per heavy atom. The maximum atomic E-state index is 10.9. The first-order valence-electron chi connectivity index (χ1n) is 5.91. The third-order valence-corrected chi connectivity index (χ3v) is 3.72. The van der Waals surface area contributed by atoms with Crippen molar-refractivity contribution in [2.45, 2.75) is 13.0 Å². The summed E-state index contributed by atoms with van der Waals surface area (Å²) in [6.45, 7) is 4.87. The Bertz CT molecular complexity index is 416. The Labute approximate surface area is 115 Å². The smallest absolute Gasteiger partial charge is 0.320 e. The van der Waals surface area contributed by atoms with Gasteiger partial charge in [-0.25, -0.2) is 4.98 Å². The van der Waals surface area contributed by atoms with E-state index in [1.165, 1.54) is 0 Å². The number of rotatable bonds is 3. The number of pyridine rings is 1. The molecular weight excluding hydrogens is 298 g/mol. The van der Waals surface area contributed by atoms with Crippen molar-refractivity contribution < 1.29 is 9.90 Å². The number of aliphatic carboxylic acids is 1. The number of nitrogens with zero attached hydrogens (tertiary/aromatic N) is 3.